The van der Waals surface area contributed by atoms with Crippen molar-refractivity contribution in [2.75, 3.05) is 20.3 Å². The van der Waals surface area contributed by atoms with Crippen LogP contribution in [-0.2, 0) is 17.7 Å². The fraction of sp³-hybridized carbons (Fsp3) is 0.467. The van der Waals surface area contributed by atoms with Crippen molar-refractivity contribution in [1.29, 1.82) is 0 Å². The maximum Gasteiger partial charge on any atom is 0.0700 e. The molecule has 1 N–H and O–H groups in total. The van der Waals surface area contributed by atoms with E-state index in [1.807, 2.05) is 35.4 Å². The van der Waals surface area contributed by atoms with Gasteiger partial charge in [-0.2, -0.15) is 5.10 Å². The van der Waals surface area contributed by atoms with Gasteiger partial charge in [0.2, 0.25) is 0 Å². The summed E-state index contributed by atoms with van der Waals surface area (Å²) in [4.78, 5) is 4.07. The topological polar surface area (TPSA) is 52.0 Å². The number of aromatic nitrogens is 3. The Morgan fingerprint density at radius 2 is 2.14 bits per heavy atom. The number of pyridine rings is 1. The minimum absolute atomic E-state index is 0.200. The molecule has 0 aliphatic carbocycles. The Morgan fingerprint density at radius 3 is 2.81 bits per heavy atom. The normalized spacial score (nSPS) is 12.5. The number of hydrogen-bond donors (Lipinski definition) is 1. The molecule has 6 heteroatoms. The molecular weight excluding hydrogens is 332 g/mol. The molecule has 0 saturated heterocycles. The van der Waals surface area contributed by atoms with Crippen molar-refractivity contribution in [3.63, 3.8) is 0 Å². The minimum Gasteiger partial charge on any atom is -0.383 e. The standard InChI is InChI=1S/C15H21BrN4O/c1-3-18-14(10-12-4-6-17-7-5-12)15-13(16)11-19-20(15)8-9-21-2/h4-7,11,14,18H,3,8-10H2,1-2H3. The number of likely N-dealkylation sites (N-methyl/N-ethyl adjacent to an activating group) is 1. The van der Waals surface area contributed by atoms with E-state index in [0.29, 0.717) is 6.61 Å². The average Bonchev–Trinajstić information content (AvgIpc) is 2.86. The monoisotopic (exact) mass is 352 g/mol. The van der Waals surface area contributed by atoms with Gasteiger partial charge in [0.05, 0.1) is 35.6 Å². The number of rotatable bonds is 8. The van der Waals surface area contributed by atoms with Crippen LogP contribution >= 0.6 is 15.9 Å². The maximum atomic E-state index is 5.16. The van der Waals surface area contributed by atoms with E-state index in [4.69, 9.17) is 4.74 Å². The fourth-order valence-corrected chi connectivity index (χ4v) is 2.91. The Labute approximate surface area is 133 Å². The summed E-state index contributed by atoms with van der Waals surface area (Å²) in [5.74, 6) is 0. The van der Waals surface area contributed by atoms with Crippen LogP contribution < -0.4 is 5.32 Å². The average molecular weight is 353 g/mol. The van der Waals surface area contributed by atoms with Gasteiger partial charge in [0.15, 0.2) is 0 Å². The Balaban J connectivity index is 2.23. The quantitative estimate of drug-likeness (QED) is 0.793. The summed E-state index contributed by atoms with van der Waals surface area (Å²) in [6.45, 7) is 4.41. The molecule has 0 amide bonds. The predicted molar refractivity (Wildman–Crippen MR) is 86.2 cm³/mol. The summed E-state index contributed by atoms with van der Waals surface area (Å²) >= 11 is 3.62. The molecule has 0 aliphatic heterocycles. The van der Waals surface area contributed by atoms with E-state index >= 15 is 0 Å². The van der Waals surface area contributed by atoms with E-state index < -0.39 is 0 Å². The van der Waals surface area contributed by atoms with E-state index in [1.54, 1.807) is 7.11 Å². The first kappa shape index (κ1) is 16.1. The Morgan fingerprint density at radius 1 is 1.38 bits per heavy atom. The second kappa shape index (κ2) is 8.26. The first-order valence-electron chi connectivity index (χ1n) is 7.08. The van der Waals surface area contributed by atoms with Crippen LogP contribution in [0.15, 0.2) is 35.2 Å². The predicted octanol–water partition coefficient (Wildman–Crippen LogP) is 2.58. The second-order valence-electron chi connectivity index (χ2n) is 4.76. The van der Waals surface area contributed by atoms with Gasteiger partial charge in [-0.15, -0.1) is 0 Å². The highest BCUT2D eigenvalue weighted by molar-refractivity contribution is 9.10. The van der Waals surface area contributed by atoms with Crippen molar-refractivity contribution in [1.82, 2.24) is 20.1 Å². The molecule has 5 nitrogen and oxygen atoms in total. The second-order valence-corrected chi connectivity index (χ2v) is 5.62. The molecule has 21 heavy (non-hydrogen) atoms. The van der Waals surface area contributed by atoms with Crippen LogP contribution in [0.4, 0.5) is 0 Å². The molecule has 0 aromatic carbocycles. The van der Waals surface area contributed by atoms with Gasteiger partial charge in [-0.05, 0) is 46.6 Å². The summed E-state index contributed by atoms with van der Waals surface area (Å²) < 4.78 is 8.19. The zero-order valence-electron chi connectivity index (χ0n) is 12.4. The highest BCUT2D eigenvalue weighted by Crippen LogP contribution is 2.26. The first-order valence-corrected chi connectivity index (χ1v) is 7.88. The van der Waals surface area contributed by atoms with Gasteiger partial charge in [-0.3, -0.25) is 9.67 Å². The van der Waals surface area contributed by atoms with Crippen LogP contribution in [0.3, 0.4) is 0 Å². The van der Waals surface area contributed by atoms with Crippen molar-refractivity contribution in [2.24, 2.45) is 0 Å². The van der Waals surface area contributed by atoms with Crippen molar-refractivity contribution in [2.45, 2.75) is 25.9 Å². The molecule has 1 atom stereocenters. The van der Waals surface area contributed by atoms with E-state index in [-0.39, 0.29) is 6.04 Å². The smallest absolute Gasteiger partial charge is 0.0700 e. The number of halogens is 1. The summed E-state index contributed by atoms with van der Waals surface area (Å²) in [6.07, 6.45) is 6.40. The van der Waals surface area contributed by atoms with Crippen LogP contribution in [0.25, 0.3) is 0 Å². The Bertz CT molecular complexity index is 544. The van der Waals surface area contributed by atoms with E-state index in [2.05, 4.69) is 38.3 Å². The molecule has 0 fully saturated rings. The van der Waals surface area contributed by atoms with Gasteiger partial charge in [-0.25, -0.2) is 0 Å². The molecule has 0 saturated carbocycles. The van der Waals surface area contributed by atoms with Crippen molar-refractivity contribution in [3.8, 4) is 0 Å². The van der Waals surface area contributed by atoms with Gasteiger partial charge in [0, 0.05) is 19.5 Å². The molecule has 2 aromatic rings. The Hall–Kier alpha value is -1.24. The molecule has 2 heterocycles. The number of nitrogens with one attached hydrogen (secondary N) is 1. The highest BCUT2D eigenvalue weighted by atomic mass is 79.9. The molecule has 0 bridgehead atoms. The number of nitrogens with zero attached hydrogens (tertiary/aromatic N) is 3. The molecule has 0 radical (unpaired) electrons. The van der Waals surface area contributed by atoms with Gasteiger partial charge >= 0.3 is 0 Å². The van der Waals surface area contributed by atoms with Gasteiger partial charge < -0.3 is 10.1 Å². The maximum absolute atomic E-state index is 5.16. The molecule has 1 unspecified atom stereocenters. The summed E-state index contributed by atoms with van der Waals surface area (Å²) in [5, 5.41) is 7.97. The van der Waals surface area contributed by atoms with Crippen molar-refractivity contribution in [3.05, 3.63) is 46.5 Å². The summed E-state index contributed by atoms with van der Waals surface area (Å²) in [6, 6.07) is 4.30. The zero-order chi connectivity index (χ0) is 15.1. The molecule has 0 spiro atoms. The van der Waals surface area contributed by atoms with E-state index in [9.17, 15) is 0 Å². The van der Waals surface area contributed by atoms with Crippen LogP contribution in [0.5, 0.6) is 0 Å². The summed E-state index contributed by atoms with van der Waals surface area (Å²) in [5.41, 5.74) is 2.41. The third kappa shape index (κ3) is 4.36. The van der Waals surface area contributed by atoms with Crippen molar-refractivity contribution >= 4 is 15.9 Å². The third-order valence-electron chi connectivity index (χ3n) is 3.31. The molecule has 114 valence electrons. The lowest BCUT2D eigenvalue weighted by molar-refractivity contribution is 0.181. The SMILES string of the molecule is CCNC(Cc1ccncc1)c1c(Br)cnn1CCOC. The van der Waals surface area contributed by atoms with Crippen molar-refractivity contribution < 1.29 is 4.74 Å². The fourth-order valence-electron chi connectivity index (χ4n) is 2.34. The Kier molecular flexibility index (Phi) is 6.35. The van der Waals surface area contributed by atoms with Crippen LogP contribution in [0, 0.1) is 0 Å². The largest absolute Gasteiger partial charge is 0.383 e. The lowest BCUT2D eigenvalue weighted by Gasteiger charge is -2.20. The van der Waals surface area contributed by atoms with E-state index in [1.165, 1.54) is 5.56 Å². The number of hydrogen-bond acceptors (Lipinski definition) is 4. The third-order valence-corrected chi connectivity index (χ3v) is 3.92. The van der Waals surface area contributed by atoms with Gasteiger partial charge in [0.25, 0.3) is 0 Å². The van der Waals surface area contributed by atoms with E-state index in [0.717, 1.165) is 29.7 Å². The first-order chi connectivity index (χ1) is 10.3. The number of ether oxygens (including phenoxy) is 1. The zero-order valence-corrected chi connectivity index (χ0v) is 14.0. The highest BCUT2D eigenvalue weighted by Gasteiger charge is 2.19. The van der Waals surface area contributed by atoms with Crippen LogP contribution in [0.1, 0.15) is 24.2 Å². The van der Waals surface area contributed by atoms with Crippen LogP contribution in [-0.4, -0.2) is 35.0 Å². The minimum atomic E-state index is 0.200. The van der Waals surface area contributed by atoms with Crippen LogP contribution in [0.2, 0.25) is 0 Å². The van der Waals surface area contributed by atoms with Gasteiger partial charge in [0.1, 0.15) is 0 Å². The van der Waals surface area contributed by atoms with Gasteiger partial charge in [-0.1, -0.05) is 6.92 Å². The molecular formula is C15H21BrN4O. The molecule has 2 aromatic heterocycles. The molecule has 0 aliphatic rings. The molecule has 2 rings (SSSR count). The lowest BCUT2D eigenvalue weighted by Crippen LogP contribution is -2.26. The summed E-state index contributed by atoms with van der Waals surface area (Å²) in [7, 11) is 1.71. The lowest BCUT2D eigenvalue weighted by atomic mass is 10.0. The number of methoxy groups -OCH3 is 1.